The summed E-state index contributed by atoms with van der Waals surface area (Å²) in [6, 6.07) is 13.9. The molecule has 2 aromatic heterocycles. The van der Waals surface area contributed by atoms with Gasteiger partial charge in [-0.3, -0.25) is 4.79 Å². The van der Waals surface area contributed by atoms with Gasteiger partial charge in [-0.15, -0.1) is 0 Å². The number of rotatable bonds is 9. The molecular formula is C26H26FN3O4S. The van der Waals surface area contributed by atoms with Gasteiger partial charge in [0.25, 0.3) is 0 Å². The summed E-state index contributed by atoms with van der Waals surface area (Å²) in [5, 5.41) is 34.7. The number of aliphatic carboxylic acids is 1. The van der Waals surface area contributed by atoms with Crippen molar-refractivity contribution in [1.82, 2.24) is 14.8 Å². The maximum atomic E-state index is 13.7. The predicted octanol–water partition coefficient (Wildman–Crippen LogP) is 5.01. The van der Waals surface area contributed by atoms with Crippen LogP contribution in [0.25, 0.3) is 32.7 Å². The predicted molar refractivity (Wildman–Crippen MR) is 134 cm³/mol. The van der Waals surface area contributed by atoms with Crippen LogP contribution in [0.1, 0.15) is 43.9 Å². The van der Waals surface area contributed by atoms with Gasteiger partial charge in [0.2, 0.25) is 5.13 Å². The minimum absolute atomic E-state index is 0.0271. The van der Waals surface area contributed by atoms with Gasteiger partial charge >= 0.3 is 5.97 Å². The van der Waals surface area contributed by atoms with E-state index in [1.165, 1.54) is 29.5 Å². The van der Waals surface area contributed by atoms with Crippen LogP contribution in [0, 0.1) is 5.82 Å². The number of carboxylic acids is 1. The van der Waals surface area contributed by atoms with E-state index in [2.05, 4.69) is 0 Å². The van der Waals surface area contributed by atoms with Crippen molar-refractivity contribution in [3.8, 4) is 16.4 Å². The highest BCUT2D eigenvalue weighted by atomic mass is 32.1. The second-order valence-electron chi connectivity index (χ2n) is 8.60. The van der Waals surface area contributed by atoms with Gasteiger partial charge in [-0.2, -0.15) is 5.10 Å². The molecule has 0 bridgehead atoms. The molecule has 182 valence electrons. The number of carboxylic acid groups (broad SMARTS) is 1. The molecule has 2 atom stereocenters. The van der Waals surface area contributed by atoms with Gasteiger partial charge in [-0.1, -0.05) is 49.5 Å². The van der Waals surface area contributed by atoms with Crippen molar-refractivity contribution in [3.63, 3.8) is 0 Å². The SMILES string of the molecule is CC(C)c1nn(-c2nc3ccccc3s2)c(-c2ccc(F)cc2)c1/C=C/[C@@H](O)C[C@@H](O)CC(=O)O. The molecule has 0 saturated heterocycles. The number of thiazole rings is 1. The van der Waals surface area contributed by atoms with Crippen molar-refractivity contribution in [2.75, 3.05) is 0 Å². The molecule has 0 aliphatic heterocycles. The maximum Gasteiger partial charge on any atom is 0.305 e. The zero-order chi connectivity index (χ0) is 25.1. The van der Waals surface area contributed by atoms with E-state index in [9.17, 15) is 19.4 Å². The van der Waals surface area contributed by atoms with Crippen LogP contribution in [0.15, 0.2) is 54.6 Å². The van der Waals surface area contributed by atoms with Crippen molar-refractivity contribution >= 4 is 33.6 Å². The number of hydrogen-bond donors (Lipinski definition) is 3. The van der Waals surface area contributed by atoms with E-state index in [1.54, 1.807) is 22.9 Å². The smallest absolute Gasteiger partial charge is 0.305 e. The van der Waals surface area contributed by atoms with Gasteiger partial charge in [-0.25, -0.2) is 14.1 Å². The number of nitrogens with zero attached hydrogens (tertiary/aromatic N) is 3. The van der Waals surface area contributed by atoms with Gasteiger partial charge in [-0.05, 0) is 42.3 Å². The molecule has 0 fully saturated rings. The molecule has 4 aromatic rings. The van der Waals surface area contributed by atoms with E-state index in [1.807, 2.05) is 38.1 Å². The van der Waals surface area contributed by atoms with Crippen LogP contribution in [-0.2, 0) is 4.79 Å². The largest absolute Gasteiger partial charge is 0.481 e. The lowest BCUT2D eigenvalue weighted by Crippen LogP contribution is -2.19. The van der Waals surface area contributed by atoms with Gasteiger partial charge in [0.05, 0.1) is 40.2 Å². The Morgan fingerprint density at radius 3 is 2.51 bits per heavy atom. The molecule has 9 heteroatoms. The number of para-hydroxylation sites is 1. The number of aliphatic hydroxyl groups excluding tert-OH is 2. The third kappa shape index (κ3) is 5.64. The van der Waals surface area contributed by atoms with Crippen LogP contribution < -0.4 is 0 Å². The summed E-state index contributed by atoms with van der Waals surface area (Å²) >= 11 is 1.49. The average Bonchev–Trinajstić information content (AvgIpc) is 3.39. The molecule has 2 aromatic carbocycles. The van der Waals surface area contributed by atoms with Crippen molar-refractivity contribution in [3.05, 3.63) is 71.7 Å². The summed E-state index contributed by atoms with van der Waals surface area (Å²) in [5.74, 6) is -1.46. The number of aromatic nitrogens is 3. The second kappa shape index (κ2) is 10.5. The lowest BCUT2D eigenvalue weighted by atomic mass is 9.98. The minimum atomic E-state index is -1.17. The summed E-state index contributed by atoms with van der Waals surface area (Å²) in [4.78, 5) is 15.6. The Hall–Kier alpha value is -3.40. The highest BCUT2D eigenvalue weighted by molar-refractivity contribution is 7.20. The van der Waals surface area contributed by atoms with Gasteiger partial charge in [0.1, 0.15) is 5.82 Å². The normalized spacial score (nSPS) is 13.7. The Kier molecular flexibility index (Phi) is 7.39. The first-order valence-electron chi connectivity index (χ1n) is 11.2. The number of fused-ring (bicyclic) bond motifs is 1. The number of hydrogen-bond acceptors (Lipinski definition) is 6. The van der Waals surface area contributed by atoms with Crippen LogP contribution in [-0.4, -0.2) is 48.3 Å². The Labute approximate surface area is 205 Å². The molecule has 4 rings (SSSR count). The maximum absolute atomic E-state index is 13.7. The molecule has 7 nitrogen and oxygen atoms in total. The Bertz CT molecular complexity index is 1330. The van der Waals surface area contributed by atoms with E-state index in [0.29, 0.717) is 10.8 Å². The van der Waals surface area contributed by atoms with Gasteiger partial charge < -0.3 is 15.3 Å². The Morgan fingerprint density at radius 2 is 1.86 bits per heavy atom. The Balaban J connectivity index is 1.82. The summed E-state index contributed by atoms with van der Waals surface area (Å²) < 4.78 is 16.5. The standard InChI is InChI=1S/C26H26FN3O4S/c1-15(2)24-20(12-11-18(31)13-19(32)14-23(33)34)25(16-7-9-17(27)10-8-16)30(29-24)26-28-21-5-3-4-6-22(21)35-26/h3-12,15,18-19,31-32H,13-14H2,1-2H3,(H,33,34)/b12-11+/t18-,19-/m1/s1. The topological polar surface area (TPSA) is 108 Å². The lowest BCUT2D eigenvalue weighted by molar-refractivity contribution is -0.139. The van der Waals surface area contributed by atoms with Crippen LogP contribution in [0.3, 0.4) is 0 Å². The van der Waals surface area contributed by atoms with Crippen molar-refractivity contribution in [1.29, 1.82) is 0 Å². The van der Waals surface area contributed by atoms with Crippen LogP contribution in [0.2, 0.25) is 0 Å². The lowest BCUT2D eigenvalue weighted by Gasteiger charge is -2.11. The highest BCUT2D eigenvalue weighted by Gasteiger charge is 2.23. The second-order valence-corrected chi connectivity index (χ2v) is 9.61. The molecule has 2 heterocycles. The number of benzene rings is 2. The third-order valence-corrected chi connectivity index (χ3v) is 6.50. The molecule has 35 heavy (non-hydrogen) atoms. The molecule has 0 radical (unpaired) electrons. The van der Waals surface area contributed by atoms with E-state index in [-0.39, 0.29) is 18.2 Å². The number of aliphatic hydroxyl groups is 2. The third-order valence-electron chi connectivity index (χ3n) is 5.49. The van der Waals surface area contributed by atoms with E-state index in [0.717, 1.165) is 27.0 Å². The fourth-order valence-corrected chi connectivity index (χ4v) is 4.79. The van der Waals surface area contributed by atoms with Crippen LogP contribution in [0.4, 0.5) is 4.39 Å². The first kappa shape index (κ1) is 24.7. The molecule has 3 N–H and O–H groups in total. The zero-order valence-electron chi connectivity index (χ0n) is 19.3. The van der Waals surface area contributed by atoms with Gasteiger partial charge in [0.15, 0.2) is 0 Å². The molecule has 0 spiro atoms. The first-order chi connectivity index (χ1) is 16.7. The van der Waals surface area contributed by atoms with Crippen LogP contribution in [0.5, 0.6) is 0 Å². The summed E-state index contributed by atoms with van der Waals surface area (Å²) in [6.45, 7) is 4.01. The monoisotopic (exact) mass is 495 g/mol. The summed E-state index contributed by atoms with van der Waals surface area (Å²) in [5.41, 5.74) is 3.77. The van der Waals surface area contributed by atoms with E-state index < -0.39 is 24.6 Å². The molecular weight excluding hydrogens is 469 g/mol. The fourth-order valence-electron chi connectivity index (χ4n) is 3.86. The average molecular weight is 496 g/mol. The fraction of sp³-hybridized carbons (Fsp3) is 0.269. The van der Waals surface area contributed by atoms with E-state index in [4.69, 9.17) is 15.2 Å². The van der Waals surface area contributed by atoms with Crippen molar-refractivity contribution in [2.24, 2.45) is 0 Å². The molecule has 0 aliphatic carbocycles. The molecule has 0 amide bonds. The number of carbonyl (C=O) groups is 1. The van der Waals surface area contributed by atoms with Crippen molar-refractivity contribution in [2.45, 2.75) is 44.8 Å². The Morgan fingerprint density at radius 1 is 1.14 bits per heavy atom. The van der Waals surface area contributed by atoms with E-state index >= 15 is 0 Å². The molecule has 0 saturated carbocycles. The highest BCUT2D eigenvalue weighted by Crippen LogP contribution is 2.36. The summed E-state index contributed by atoms with van der Waals surface area (Å²) in [6.07, 6.45) is 0.457. The quantitative estimate of drug-likeness (QED) is 0.301. The molecule has 0 aliphatic rings. The zero-order valence-corrected chi connectivity index (χ0v) is 20.1. The van der Waals surface area contributed by atoms with Crippen molar-refractivity contribution < 1.29 is 24.5 Å². The summed E-state index contributed by atoms with van der Waals surface area (Å²) in [7, 11) is 0. The van der Waals surface area contributed by atoms with Gasteiger partial charge in [0, 0.05) is 17.5 Å². The molecule has 0 unspecified atom stereocenters. The van der Waals surface area contributed by atoms with Crippen LogP contribution >= 0.6 is 11.3 Å². The first-order valence-corrected chi connectivity index (χ1v) is 12.1. The minimum Gasteiger partial charge on any atom is -0.481 e. The number of halogens is 1.